The highest BCUT2D eigenvalue weighted by atomic mass is 16.7. The summed E-state index contributed by atoms with van der Waals surface area (Å²) in [5.41, 5.74) is 0. The average molecular weight is 746 g/mol. The summed E-state index contributed by atoms with van der Waals surface area (Å²) in [6.07, 6.45) is 19.0. The molecule has 0 aromatic carbocycles. The van der Waals surface area contributed by atoms with E-state index in [4.69, 9.17) is 9.47 Å². The summed E-state index contributed by atoms with van der Waals surface area (Å²) in [5.74, 6) is 1.09. The van der Waals surface area contributed by atoms with Crippen LogP contribution in [-0.2, 0) is 14.3 Å². The molecule has 1 rings (SSSR count). The molecule has 5 unspecified atom stereocenters. The molecule has 10 atom stereocenters. The lowest BCUT2D eigenvalue weighted by Gasteiger charge is -2.27. The number of nitrogens with one attached hydrogen (secondary N) is 1. The maximum Gasteiger partial charge on any atom is 0.249 e. The first kappa shape index (κ1) is 49.2. The first-order valence-electron chi connectivity index (χ1n) is 21.6. The topological polar surface area (TPSA) is 169 Å². The van der Waals surface area contributed by atoms with Crippen LogP contribution in [0.2, 0.25) is 0 Å². The molecule has 1 aliphatic heterocycles. The van der Waals surface area contributed by atoms with E-state index in [1.165, 1.54) is 96.3 Å². The van der Waals surface area contributed by atoms with Gasteiger partial charge in [-0.25, -0.2) is 0 Å². The largest absolute Gasteiger partial charge is 0.394 e. The minimum atomic E-state index is -1.48. The van der Waals surface area contributed by atoms with Crippen molar-refractivity contribution in [2.45, 2.75) is 237 Å². The fraction of sp³-hybridized carbons (Fsp3) is 0.976. The normalized spacial score (nSPS) is 22.6. The van der Waals surface area contributed by atoms with Crippen LogP contribution in [0.1, 0.15) is 188 Å². The maximum atomic E-state index is 13.0. The van der Waals surface area contributed by atoms with E-state index in [0.717, 1.165) is 63.2 Å². The molecule has 0 saturated carbocycles. The quantitative estimate of drug-likeness (QED) is 0.0336. The monoisotopic (exact) mass is 746 g/mol. The summed E-state index contributed by atoms with van der Waals surface area (Å²) in [6.45, 7) is 8.29. The van der Waals surface area contributed by atoms with Crippen LogP contribution in [0.15, 0.2) is 0 Å². The highest BCUT2D eigenvalue weighted by Gasteiger charge is 2.46. The lowest BCUT2D eigenvalue weighted by molar-refractivity contribution is -0.187. The van der Waals surface area contributed by atoms with Crippen molar-refractivity contribution < 1.29 is 44.9 Å². The Kier molecular flexibility index (Phi) is 29.7. The maximum absolute atomic E-state index is 13.0. The van der Waals surface area contributed by atoms with Gasteiger partial charge in [0, 0.05) is 0 Å². The van der Waals surface area contributed by atoms with E-state index in [0.29, 0.717) is 12.8 Å². The van der Waals surface area contributed by atoms with Crippen molar-refractivity contribution in [2.75, 3.05) is 13.2 Å². The van der Waals surface area contributed by atoms with Gasteiger partial charge in [0.05, 0.1) is 25.4 Å². The van der Waals surface area contributed by atoms with Crippen LogP contribution in [0, 0.1) is 11.8 Å². The molecule has 0 bridgehead atoms. The molecule has 10 heteroatoms. The van der Waals surface area contributed by atoms with E-state index in [9.17, 15) is 35.4 Å². The van der Waals surface area contributed by atoms with Gasteiger partial charge in [0.25, 0.3) is 0 Å². The van der Waals surface area contributed by atoms with Gasteiger partial charge in [0.2, 0.25) is 5.91 Å². The molecule has 310 valence electrons. The Morgan fingerprint density at radius 1 is 0.635 bits per heavy atom. The third-order valence-corrected chi connectivity index (χ3v) is 11.4. The summed E-state index contributed by atoms with van der Waals surface area (Å²) in [4.78, 5) is 13.0. The highest BCUT2D eigenvalue weighted by molar-refractivity contribution is 5.80. The van der Waals surface area contributed by atoms with Crippen LogP contribution in [0.3, 0.4) is 0 Å². The van der Waals surface area contributed by atoms with E-state index < -0.39 is 61.5 Å². The Bertz CT molecular complexity index is 835. The Hall–Kier alpha value is -0.850. The summed E-state index contributed by atoms with van der Waals surface area (Å²) >= 11 is 0. The van der Waals surface area contributed by atoms with Crippen molar-refractivity contribution >= 4 is 5.91 Å². The Labute approximate surface area is 317 Å². The molecule has 52 heavy (non-hydrogen) atoms. The zero-order valence-electron chi connectivity index (χ0n) is 33.8. The average Bonchev–Trinajstić information content (AvgIpc) is 3.43. The van der Waals surface area contributed by atoms with Crippen LogP contribution in [0.5, 0.6) is 0 Å². The number of carbonyl (C=O) groups is 1. The number of ether oxygens (including phenoxy) is 2. The van der Waals surface area contributed by atoms with Gasteiger partial charge in [-0.15, -0.1) is 0 Å². The molecule has 10 nitrogen and oxygen atoms in total. The van der Waals surface area contributed by atoms with Gasteiger partial charge in [-0.3, -0.25) is 4.79 Å². The van der Waals surface area contributed by atoms with Gasteiger partial charge < -0.3 is 45.4 Å². The van der Waals surface area contributed by atoms with Crippen molar-refractivity contribution in [3.8, 4) is 0 Å². The Balaban J connectivity index is 2.44. The van der Waals surface area contributed by atoms with Crippen molar-refractivity contribution in [1.29, 1.82) is 0 Å². The van der Waals surface area contributed by atoms with Gasteiger partial charge in [-0.05, 0) is 24.7 Å². The molecule has 0 aliphatic carbocycles. The second-order valence-electron chi connectivity index (χ2n) is 16.1. The Morgan fingerprint density at radius 3 is 1.46 bits per heavy atom. The molecule has 0 spiro atoms. The molecule has 7 N–H and O–H groups in total. The number of hydrogen-bond donors (Lipinski definition) is 7. The number of carbonyl (C=O) groups excluding carboxylic acids is 1. The smallest absolute Gasteiger partial charge is 0.249 e. The number of aliphatic hydroxyl groups is 6. The van der Waals surface area contributed by atoms with Crippen LogP contribution < -0.4 is 5.32 Å². The first-order chi connectivity index (χ1) is 25.0. The molecule has 0 aromatic heterocycles. The van der Waals surface area contributed by atoms with E-state index in [1.54, 1.807) is 0 Å². The van der Waals surface area contributed by atoms with E-state index in [2.05, 4.69) is 33.0 Å². The second-order valence-corrected chi connectivity index (χ2v) is 16.1. The minimum absolute atomic E-state index is 0.231. The van der Waals surface area contributed by atoms with E-state index >= 15 is 0 Å². The SMILES string of the molecule is CCC(C)CCCCCCCCCCCCC(O)C(CO[C@@H]1O[C@@H]([C@H](O)CO)[C@H](O)[C@H]1O)NC(=O)C(O)CCCCCCCCCCCC(C)CC. The zero-order chi connectivity index (χ0) is 38.6. The lowest BCUT2D eigenvalue weighted by atomic mass is 9.99. The second kappa shape index (κ2) is 31.4. The molecule has 0 radical (unpaired) electrons. The predicted octanol–water partition coefficient (Wildman–Crippen LogP) is 7.07. The van der Waals surface area contributed by atoms with Crippen molar-refractivity contribution in [3.63, 3.8) is 0 Å². The number of amides is 1. The highest BCUT2D eigenvalue weighted by Crippen LogP contribution is 2.25. The van der Waals surface area contributed by atoms with Gasteiger partial charge in [-0.1, -0.05) is 175 Å². The van der Waals surface area contributed by atoms with Crippen molar-refractivity contribution in [1.82, 2.24) is 5.32 Å². The molecular weight excluding hydrogens is 662 g/mol. The number of unbranched alkanes of at least 4 members (excludes halogenated alkanes) is 17. The molecule has 1 fully saturated rings. The lowest BCUT2D eigenvalue weighted by Crippen LogP contribution is -2.50. The van der Waals surface area contributed by atoms with E-state index in [-0.39, 0.29) is 6.61 Å². The molecule has 1 aliphatic rings. The van der Waals surface area contributed by atoms with Gasteiger partial charge in [0.15, 0.2) is 6.29 Å². The van der Waals surface area contributed by atoms with Gasteiger partial charge in [-0.2, -0.15) is 0 Å². The molecular formula is C42H83NO9. The van der Waals surface area contributed by atoms with Crippen molar-refractivity contribution in [2.24, 2.45) is 11.8 Å². The summed E-state index contributed by atoms with van der Waals surface area (Å²) in [7, 11) is 0. The number of aliphatic hydroxyl groups excluding tert-OH is 6. The first-order valence-corrected chi connectivity index (χ1v) is 21.6. The summed E-state index contributed by atoms with van der Waals surface area (Å²) in [6, 6.07) is -0.873. The number of hydrogen-bond acceptors (Lipinski definition) is 9. The predicted molar refractivity (Wildman–Crippen MR) is 209 cm³/mol. The van der Waals surface area contributed by atoms with Gasteiger partial charge in [0.1, 0.15) is 30.5 Å². The summed E-state index contributed by atoms with van der Waals surface area (Å²) < 4.78 is 11.2. The van der Waals surface area contributed by atoms with Crippen molar-refractivity contribution in [3.05, 3.63) is 0 Å². The van der Waals surface area contributed by atoms with E-state index in [1.807, 2.05) is 0 Å². The third kappa shape index (κ3) is 22.5. The van der Waals surface area contributed by atoms with Crippen LogP contribution in [0.25, 0.3) is 0 Å². The fourth-order valence-electron chi connectivity index (χ4n) is 7.03. The Morgan fingerprint density at radius 2 is 1.04 bits per heavy atom. The number of rotatable bonds is 35. The summed E-state index contributed by atoms with van der Waals surface area (Å²) in [5, 5.41) is 64.3. The molecule has 1 saturated heterocycles. The zero-order valence-corrected chi connectivity index (χ0v) is 33.8. The van der Waals surface area contributed by atoms with Crippen LogP contribution in [0.4, 0.5) is 0 Å². The third-order valence-electron chi connectivity index (χ3n) is 11.4. The minimum Gasteiger partial charge on any atom is -0.394 e. The molecule has 1 heterocycles. The fourth-order valence-corrected chi connectivity index (χ4v) is 7.03. The van der Waals surface area contributed by atoms with Crippen LogP contribution in [-0.4, -0.2) is 98.7 Å². The van der Waals surface area contributed by atoms with Crippen LogP contribution >= 0.6 is 0 Å². The molecule has 1 amide bonds. The standard InChI is InChI=1S/C42H83NO9/c1-5-32(3)26-22-18-14-10-7-8-12-16-20-24-28-35(45)34(31-51-42-39(49)38(48)40(52-42)37(47)30-44)43-41(50)36(46)29-25-21-17-13-9-11-15-19-23-27-33(4)6-2/h32-40,42,44-49H,5-31H2,1-4H3,(H,43,50)/t32?,33?,34?,35?,36?,37-,38-,39-,40+,42-/m1/s1. The molecule has 0 aromatic rings. The van der Waals surface area contributed by atoms with Gasteiger partial charge >= 0.3 is 0 Å².